The van der Waals surface area contributed by atoms with Crippen LogP contribution in [0.3, 0.4) is 0 Å². The molecule has 0 saturated carbocycles. The smallest absolute Gasteiger partial charge is 0.477 e. The van der Waals surface area contributed by atoms with Gasteiger partial charge in [0, 0.05) is 6.54 Å². The molecule has 0 aromatic carbocycles. The predicted octanol–water partition coefficient (Wildman–Crippen LogP) is 3.38. The summed E-state index contributed by atoms with van der Waals surface area (Å²) in [6.45, 7) is 13.2. The van der Waals surface area contributed by atoms with Crippen molar-refractivity contribution in [2.45, 2.75) is 65.3 Å². The molecule has 0 aliphatic carbocycles. The highest BCUT2D eigenvalue weighted by molar-refractivity contribution is 7.14. The number of carbonyl (C=O) groups excluding carboxylic acids is 1. The van der Waals surface area contributed by atoms with E-state index in [4.69, 9.17) is 19.2 Å². The van der Waals surface area contributed by atoms with Crippen LogP contribution in [-0.4, -0.2) is 52.6 Å². The molecule has 1 aliphatic rings. The number of carboxylic acid groups (broad SMARTS) is 1. The average Bonchev–Trinajstić information content (AvgIpc) is 3.04. The highest BCUT2D eigenvalue weighted by atomic mass is 32.1. The van der Waals surface area contributed by atoms with Crippen molar-refractivity contribution in [2.75, 3.05) is 6.54 Å². The summed E-state index contributed by atoms with van der Waals surface area (Å²) in [5, 5.41) is 12.3. The molecule has 8 nitrogen and oxygen atoms in total. The first-order valence-corrected chi connectivity index (χ1v) is 9.74. The summed E-state index contributed by atoms with van der Waals surface area (Å²) in [5.74, 6) is -1.04. The van der Waals surface area contributed by atoms with Gasteiger partial charge in [-0.2, -0.15) is 0 Å². The molecule has 2 rings (SSSR count). The maximum absolute atomic E-state index is 12.0. The summed E-state index contributed by atoms with van der Waals surface area (Å²) >= 11 is 1.03. The number of carbonyl (C=O) groups is 2. The highest BCUT2D eigenvalue weighted by Gasteiger charge is 2.52. The van der Waals surface area contributed by atoms with Crippen LogP contribution in [0.5, 0.6) is 0 Å². The summed E-state index contributed by atoms with van der Waals surface area (Å²) in [6.07, 6.45) is 2.40. The lowest BCUT2D eigenvalue weighted by molar-refractivity contribution is 0.00578. The maximum Gasteiger partial charge on any atom is 0.492 e. The normalized spacial score (nSPS) is 18.8. The lowest BCUT2D eigenvalue weighted by Gasteiger charge is -2.32. The van der Waals surface area contributed by atoms with E-state index < -0.39 is 36.0 Å². The fourth-order valence-corrected chi connectivity index (χ4v) is 3.03. The van der Waals surface area contributed by atoms with Gasteiger partial charge < -0.3 is 24.5 Å². The third-order valence-electron chi connectivity index (χ3n) is 4.43. The zero-order valence-corrected chi connectivity index (χ0v) is 18.1. The fourth-order valence-electron chi connectivity index (χ4n) is 2.30. The number of alkyl carbamates (subject to hydrolysis) is 1. The van der Waals surface area contributed by atoms with E-state index in [2.05, 4.69) is 10.3 Å². The van der Waals surface area contributed by atoms with Gasteiger partial charge in [-0.05, 0) is 60.0 Å². The van der Waals surface area contributed by atoms with Gasteiger partial charge in [0.15, 0.2) is 0 Å². The zero-order chi connectivity index (χ0) is 21.3. The molecule has 28 heavy (non-hydrogen) atoms. The SMILES string of the molecule is CC(C)(C)OC(=O)NCC(=Cc1ncc(C(=O)O)s1)B1OC(C)(C)C(C)(C)O1. The van der Waals surface area contributed by atoms with Gasteiger partial charge in [-0.3, -0.25) is 0 Å². The van der Waals surface area contributed by atoms with Crippen molar-refractivity contribution in [3.05, 3.63) is 21.6 Å². The third kappa shape index (κ3) is 5.56. The number of hydrogen-bond acceptors (Lipinski definition) is 7. The van der Waals surface area contributed by atoms with Crippen LogP contribution in [0.1, 0.15) is 63.1 Å². The van der Waals surface area contributed by atoms with Gasteiger partial charge in [-0.15, -0.1) is 11.3 Å². The molecule has 0 unspecified atom stereocenters. The largest absolute Gasteiger partial charge is 0.492 e. The van der Waals surface area contributed by atoms with Crippen LogP contribution in [-0.2, 0) is 14.0 Å². The van der Waals surface area contributed by atoms with Gasteiger partial charge >= 0.3 is 19.2 Å². The summed E-state index contributed by atoms with van der Waals surface area (Å²) in [4.78, 5) is 27.4. The Hall–Kier alpha value is -1.91. The Morgan fingerprint density at radius 2 is 1.86 bits per heavy atom. The molecule has 1 amide bonds. The van der Waals surface area contributed by atoms with E-state index in [1.54, 1.807) is 26.8 Å². The molecular formula is C18H27BN2O6S. The molecule has 1 aliphatic heterocycles. The van der Waals surface area contributed by atoms with Crippen LogP contribution in [0.4, 0.5) is 4.79 Å². The fraction of sp³-hybridized carbons (Fsp3) is 0.611. The number of hydrogen-bond donors (Lipinski definition) is 2. The standard InChI is InChI=1S/C18H27BN2O6S/c1-16(2,3)25-15(24)21-9-11(8-13-20-10-12(28-13)14(22)23)19-26-17(4,5)18(6,7)27-19/h8,10H,9H2,1-7H3,(H,21,24)(H,22,23). The highest BCUT2D eigenvalue weighted by Crippen LogP contribution is 2.38. The van der Waals surface area contributed by atoms with E-state index in [0.29, 0.717) is 10.5 Å². The Kier molecular flexibility index (Phi) is 6.27. The lowest BCUT2D eigenvalue weighted by atomic mass is 9.77. The number of rotatable bonds is 5. The first kappa shape index (κ1) is 22.4. The minimum atomic E-state index is -1.04. The molecule has 0 radical (unpaired) electrons. The maximum atomic E-state index is 12.0. The van der Waals surface area contributed by atoms with E-state index in [9.17, 15) is 9.59 Å². The van der Waals surface area contributed by atoms with Crippen LogP contribution in [0, 0.1) is 0 Å². The molecule has 1 saturated heterocycles. The zero-order valence-electron chi connectivity index (χ0n) is 17.3. The Bertz CT molecular complexity index is 765. The number of aromatic carboxylic acids is 1. The Balaban J connectivity index is 2.24. The molecular weight excluding hydrogens is 383 g/mol. The van der Waals surface area contributed by atoms with Crippen LogP contribution < -0.4 is 5.32 Å². The lowest BCUT2D eigenvalue weighted by Crippen LogP contribution is -2.41. The molecule has 154 valence electrons. The second-order valence-electron chi connectivity index (χ2n) is 8.53. The van der Waals surface area contributed by atoms with Crippen LogP contribution in [0.25, 0.3) is 6.08 Å². The summed E-state index contributed by atoms with van der Waals surface area (Å²) < 4.78 is 17.4. The van der Waals surface area contributed by atoms with Crippen molar-refractivity contribution in [3.63, 3.8) is 0 Å². The molecule has 0 bridgehead atoms. The topological polar surface area (TPSA) is 107 Å². The second kappa shape index (κ2) is 7.84. The van der Waals surface area contributed by atoms with E-state index in [0.717, 1.165) is 11.3 Å². The Morgan fingerprint density at radius 3 is 2.32 bits per heavy atom. The number of nitrogens with zero attached hydrogens (tertiary/aromatic N) is 1. The van der Waals surface area contributed by atoms with Gasteiger partial charge in [0.25, 0.3) is 0 Å². The van der Waals surface area contributed by atoms with E-state index in [-0.39, 0.29) is 11.4 Å². The van der Waals surface area contributed by atoms with Gasteiger partial charge in [-0.1, -0.05) is 0 Å². The van der Waals surface area contributed by atoms with Gasteiger partial charge in [0.1, 0.15) is 15.5 Å². The predicted molar refractivity (Wildman–Crippen MR) is 107 cm³/mol. The molecule has 10 heteroatoms. The summed E-state index contributed by atoms with van der Waals surface area (Å²) in [7, 11) is -0.711. The molecule has 0 spiro atoms. The van der Waals surface area contributed by atoms with E-state index in [1.807, 2.05) is 27.7 Å². The number of thiazole rings is 1. The molecule has 1 aromatic rings. The van der Waals surface area contributed by atoms with Gasteiger partial charge in [0.2, 0.25) is 0 Å². The minimum Gasteiger partial charge on any atom is -0.477 e. The number of carboxylic acids is 1. The first-order chi connectivity index (χ1) is 12.7. The van der Waals surface area contributed by atoms with Crippen molar-refractivity contribution >= 4 is 36.6 Å². The second-order valence-corrected chi connectivity index (χ2v) is 9.59. The van der Waals surface area contributed by atoms with E-state index in [1.165, 1.54) is 6.20 Å². The number of aromatic nitrogens is 1. The number of ether oxygens (including phenoxy) is 1. The Morgan fingerprint density at radius 1 is 1.29 bits per heavy atom. The van der Waals surface area contributed by atoms with Crippen LogP contribution >= 0.6 is 11.3 Å². The molecule has 2 N–H and O–H groups in total. The van der Waals surface area contributed by atoms with Crippen molar-refractivity contribution in [2.24, 2.45) is 0 Å². The van der Waals surface area contributed by atoms with Crippen LogP contribution in [0.15, 0.2) is 11.7 Å². The van der Waals surface area contributed by atoms with Crippen molar-refractivity contribution < 1.29 is 28.7 Å². The van der Waals surface area contributed by atoms with Gasteiger partial charge in [-0.25, -0.2) is 14.6 Å². The molecule has 1 fully saturated rings. The van der Waals surface area contributed by atoms with Crippen molar-refractivity contribution in [1.82, 2.24) is 10.3 Å². The quantitative estimate of drug-likeness (QED) is 0.717. The first-order valence-electron chi connectivity index (χ1n) is 8.92. The van der Waals surface area contributed by atoms with Crippen LogP contribution in [0.2, 0.25) is 0 Å². The van der Waals surface area contributed by atoms with Crippen molar-refractivity contribution in [3.8, 4) is 0 Å². The average molecular weight is 410 g/mol. The molecule has 1 aromatic heterocycles. The van der Waals surface area contributed by atoms with Crippen molar-refractivity contribution in [1.29, 1.82) is 0 Å². The molecule has 2 heterocycles. The van der Waals surface area contributed by atoms with Gasteiger partial charge in [0.05, 0.1) is 17.4 Å². The summed E-state index contributed by atoms with van der Waals surface area (Å²) in [5.41, 5.74) is -1.13. The number of nitrogens with one attached hydrogen (secondary N) is 1. The monoisotopic (exact) mass is 410 g/mol. The molecule has 0 atom stereocenters. The minimum absolute atomic E-state index is 0.105. The Labute approximate surface area is 169 Å². The van der Waals surface area contributed by atoms with E-state index >= 15 is 0 Å². The third-order valence-corrected chi connectivity index (χ3v) is 5.37. The number of amides is 1. The summed E-state index contributed by atoms with van der Waals surface area (Å²) in [6, 6.07) is 0.